The molecule has 0 saturated heterocycles. The van der Waals surface area contributed by atoms with Gasteiger partial charge in [0.1, 0.15) is 11.6 Å². The minimum Gasteiger partial charge on any atom is -0.480 e. The second-order valence-electron chi connectivity index (χ2n) is 5.83. The van der Waals surface area contributed by atoms with Crippen LogP contribution in [-0.4, -0.2) is 30.1 Å². The highest BCUT2D eigenvalue weighted by Gasteiger charge is 2.26. The third kappa shape index (κ3) is 3.90. The van der Waals surface area contributed by atoms with E-state index >= 15 is 0 Å². The van der Waals surface area contributed by atoms with E-state index in [4.69, 9.17) is 9.15 Å². The first-order valence-corrected chi connectivity index (χ1v) is 7.47. The van der Waals surface area contributed by atoms with Gasteiger partial charge in [-0.3, -0.25) is 4.79 Å². The van der Waals surface area contributed by atoms with Gasteiger partial charge < -0.3 is 19.6 Å². The van der Waals surface area contributed by atoms with Gasteiger partial charge in [-0.25, -0.2) is 4.79 Å². The van der Waals surface area contributed by atoms with Crippen molar-refractivity contribution < 1.29 is 23.8 Å². The minimum atomic E-state index is -1.06. The van der Waals surface area contributed by atoms with E-state index in [1.165, 1.54) is 7.11 Å². The average molecular weight is 319 g/mol. The molecule has 1 amide bonds. The molecule has 124 valence electrons. The van der Waals surface area contributed by atoms with E-state index in [-0.39, 0.29) is 18.3 Å². The topological polar surface area (TPSA) is 88.8 Å². The second kappa shape index (κ2) is 7.28. The summed E-state index contributed by atoms with van der Waals surface area (Å²) in [5.74, 6) is -1.36. The van der Waals surface area contributed by atoms with Crippen LogP contribution in [0.5, 0.6) is 0 Å². The standard InChI is InChI=1S/C17H21NO5/c1-10(2)8-13(17(20)21)18-16(19)15-12(9-22-3)11-6-4-5-7-14(11)23-15/h4-7,10,13H,8-9H2,1-3H3,(H,18,19)(H,20,21)/t13-/m0/s1. The van der Waals surface area contributed by atoms with E-state index in [0.29, 0.717) is 17.6 Å². The summed E-state index contributed by atoms with van der Waals surface area (Å²) in [5, 5.41) is 12.6. The molecule has 0 aliphatic heterocycles. The monoisotopic (exact) mass is 319 g/mol. The first-order valence-electron chi connectivity index (χ1n) is 7.47. The molecule has 0 saturated carbocycles. The minimum absolute atomic E-state index is 0.100. The van der Waals surface area contributed by atoms with Crippen molar-refractivity contribution in [3.8, 4) is 0 Å². The lowest BCUT2D eigenvalue weighted by Gasteiger charge is -2.16. The molecule has 2 rings (SSSR count). The van der Waals surface area contributed by atoms with Gasteiger partial charge in [0.05, 0.1) is 6.61 Å². The molecule has 2 N–H and O–H groups in total. The van der Waals surface area contributed by atoms with E-state index in [9.17, 15) is 14.7 Å². The fourth-order valence-electron chi connectivity index (χ4n) is 2.49. The number of carboxylic acids is 1. The molecule has 0 spiro atoms. The number of rotatable bonds is 7. The molecule has 0 bridgehead atoms. The zero-order valence-electron chi connectivity index (χ0n) is 13.5. The van der Waals surface area contributed by atoms with Crippen LogP contribution in [0.4, 0.5) is 0 Å². The van der Waals surface area contributed by atoms with Gasteiger partial charge in [-0.15, -0.1) is 0 Å². The van der Waals surface area contributed by atoms with Crippen LogP contribution in [0.1, 0.15) is 36.4 Å². The summed E-state index contributed by atoms with van der Waals surface area (Å²) in [7, 11) is 1.53. The van der Waals surface area contributed by atoms with Crippen molar-refractivity contribution in [1.82, 2.24) is 5.32 Å². The summed E-state index contributed by atoms with van der Waals surface area (Å²) < 4.78 is 10.8. The van der Waals surface area contributed by atoms with E-state index in [1.807, 2.05) is 32.0 Å². The van der Waals surface area contributed by atoms with Gasteiger partial charge in [-0.1, -0.05) is 32.0 Å². The Morgan fingerprint density at radius 2 is 2.00 bits per heavy atom. The van der Waals surface area contributed by atoms with Crippen LogP contribution in [-0.2, 0) is 16.1 Å². The van der Waals surface area contributed by atoms with Crippen LogP contribution in [0, 0.1) is 5.92 Å². The molecule has 1 aromatic heterocycles. The Bertz CT molecular complexity index is 704. The van der Waals surface area contributed by atoms with Crippen molar-refractivity contribution in [2.24, 2.45) is 5.92 Å². The maximum atomic E-state index is 12.5. The lowest BCUT2D eigenvalue weighted by Crippen LogP contribution is -2.41. The van der Waals surface area contributed by atoms with E-state index < -0.39 is 17.9 Å². The molecule has 23 heavy (non-hydrogen) atoms. The van der Waals surface area contributed by atoms with Gasteiger partial charge in [0.25, 0.3) is 5.91 Å². The van der Waals surface area contributed by atoms with Crippen molar-refractivity contribution in [3.63, 3.8) is 0 Å². The fraction of sp³-hybridized carbons (Fsp3) is 0.412. The molecule has 1 heterocycles. The number of carbonyl (C=O) groups is 2. The van der Waals surface area contributed by atoms with Crippen LogP contribution in [0.3, 0.4) is 0 Å². The molecule has 1 aromatic carbocycles. The predicted octanol–water partition coefficient (Wildman–Crippen LogP) is 2.81. The Kier molecular flexibility index (Phi) is 5.39. The normalized spacial score (nSPS) is 12.5. The highest BCUT2D eigenvalue weighted by molar-refractivity contribution is 6.00. The lowest BCUT2D eigenvalue weighted by atomic mass is 10.0. The van der Waals surface area contributed by atoms with Crippen molar-refractivity contribution >= 4 is 22.8 Å². The van der Waals surface area contributed by atoms with Crippen molar-refractivity contribution in [1.29, 1.82) is 0 Å². The van der Waals surface area contributed by atoms with Gasteiger partial charge in [-0.05, 0) is 18.4 Å². The largest absolute Gasteiger partial charge is 0.480 e. The number of para-hydroxylation sites is 1. The zero-order chi connectivity index (χ0) is 17.0. The smallest absolute Gasteiger partial charge is 0.326 e. The molecular weight excluding hydrogens is 298 g/mol. The molecule has 0 aliphatic rings. The second-order valence-corrected chi connectivity index (χ2v) is 5.83. The first kappa shape index (κ1) is 17.0. The summed E-state index contributed by atoms with van der Waals surface area (Å²) in [4.78, 5) is 23.8. The van der Waals surface area contributed by atoms with Gasteiger partial charge >= 0.3 is 5.97 Å². The number of aliphatic carboxylic acids is 1. The Morgan fingerprint density at radius 1 is 1.30 bits per heavy atom. The maximum absolute atomic E-state index is 12.5. The van der Waals surface area contributed by atoms with Gasteiger partial charge in [0.15, 0.2) is 5.76 Å². The SMILES string of the molecule is COCc1c(C(=O)N[C@@H](CC(C)C)C(=O)O)oc2ccccc12. The van der Waals surface area contributed by atoms with Crippen LogP contribution in [0.25, 0.3) is 11.0 Å². The number of fused-ring (bicyclic) bond motifs is 1. The van der Waals surface area contributed by atoms with Crippen molar-refractivity contribution in [3.05, 3.63) is 35.6 Å². The first-order chi connectivity index (χ1) is 10.9. The number of furan rings is 1. The highest BCUT2D eigenvalue weighted by atomic mass is 16.5. The quantitative estimate of drug-likeness (QED) is 0.819. The third-order valence-corrected chi connectivity index (χ3v) is 3.50. The summed E-state index contributed by atoms with van der Waals surface area (Å²) in [6.45, 7) is 4.01. The van der Waals surface area contributed by atoms with E-state index in [0.717, 1.165) is 5.39 Å². The van der Waals surface area contributed by atoms with Gasteiger partial charge in [-0.2, -0.15) is 0 Å². The number of ether oxygens (including phenoxy) is 1. The molecule has 6 heteroatoms. The number of carbonyl (C=O) groups excluding carboxylic acids is 1. The number of carboxylic acid groups (broad SMARTS) is 1. The number of benzene rings is 1. The number of hydrogen-bond donors (Lipinski definition) is 2. The maximum Gasteiger partial charge on any atom is 0.326 e. The van der Waals surface area contributed by atoms with Crippen LogP contribution < -0.4 is 5.32 Å². The Labute approximate surface area is 134 Å². The summed E-state index contributed by atoms with van der Waals surface area (Å²) in [5.41, 5.74) is 1.19. The molecule has 0 radical (unpaired) electrons. The number of amides is 1. The average Bonchev–Trinajstić information content (AvgIpc) is 2.85. The molecule has 1 atom stereocenters. The lowest BCUT2D eigenvalue weighted by molar-refractivity contribution is -0.139. The highest BCUT2D eigenvalue weighted by Crippen LogP contribution is 2.26. The molecular formula is C17H21NO5. The Morgan fingerprint density at radius 3 is 2.61 bits per heavy atom. The molecule has 0 aliphatic carbocycles. The van der Waals surface area contributed by atoms with Crippen LogP contribution >= 0.6 is 0 Å². The van der Waals surface area contributed by atoms with Crippen molar-refractivity contribution in [2.75, 3.05) is 7.11 Å². The Hall–Kier alpha value is -2.34. The molecule has 6 nitrogen and oxygen atoms in total. The van der Waals surface area contributed by atoms with E-state index in [2.05, 4.69) is 5.32 Å². The zero-order valence-corrected chi connectivity index (χ0v) is 13.5. The van der Waals surface area contributed by atoms with Crippen molar-refractivity contribution in [2.45, 2.75) is 32.9 Å². The number of methoxy groups -OCH3 is 1. The van der Waals surface area contributed by atoms with Crippen LogP contribution in [0.2, 0.25) is 0 Å². The molecule has 2 aromatic rings. The van der Waals surface area contributed by atoms with E-state index in [1.54, 1.807) is 6.07 Å². The Balaban J connectivity index is 2.32. The molecule has 0 unspecified atom stereocenters. The third-order valence-electron chi connectivity index (χ3n) is 3.50. The van der Waals surface area contributed by atoms with Crippen LogP contribution in [0.15, 0.2) is 28.7 Å². The summed E-state index contributed by atoms with van der Waals surface area (Å²) in [6.07, 6.45) is 0.348. The van der Waals surface area contributed by atoms with Gasteiger partial charge in [0.2, 0.25) is 0 Å². The van der Waals surface area contributed by atoms with Gasteiger partial charge in [0, 0.05) is 18.1 Å². The summed E-state index contributed by atoms with van der Waals surface area (Å²) >= 11 is 0. The summed E-state index contributed by atoms with van der Waals surface area (Å²) in [6, 6.07) is 6.30. The fourth-order valence-corrected chi connectivity index (χ4v) is 2.49. The predicted molar refractivity (Wildman–Crippen MR) is 85.3 cm³/mol. The molecule has 0 fully saturated rings. The number of hydrogen-bond acceptors (Lipinski definition) is 4. The number of nitrogens with one attached hydrogen (secondary N) is 1.